The molecule has 0 radical (unpaired) electrons. The Balaban J connectivity index is 2.16. The van der Waals surface area contributed by atoms with Crippen LogP contribution in [0, 0.1) is 5.92 Å². The standard InChI is InChI=1S/C14H21N3O3/c1-9(18)10-4-7-17(8-5-10)13-12(15)11(3-6-16-13)14(19)20-2/h3,6,9-10,18H,4-5,7-8,15H2,1-2H3. The lowest BCUT2D eigenvalue weighted by atomic mass is 9.92. The summed E-state index contributed by atoms with van der Waals surface area (Å²) in [5.41, 5.74) is 6.73. The molecule has 1 aliphatic rings. The average Bonchev–Trinajstić information content (AvgIpc) is 2.47. The van der Waals surface area contributed by atoms with Crippen LogP contribution in [0.2, 0.25) is 0 Å². The number of hydrogen-bond donors (Lipinski definition) is 2. The number of nitrogen functional groups attached to an aromatic ring is 1. The molecule has 1 fully saturated rings. The highest BCUT2D eigenvalue weighted by molar-refractivity contribution is 5.97. The summed E-state index contributed by atoms with van der Waals surface area (Å²) >= 11 is 0. The quantitative estimate of drug-likeness (QED) is 0.804. The summed E-state index contributed by atoms with van der Waals surface area (Å²) in [5.74, 6) is 0.484. The molecule has 0 amide bonds. The van der Waals surface area contributed by atoms with E-state index in [0.717, 1.165) is 25.9 Å². The van der Waals surface area contributed by atoms with Crippen molar-refractivity contribution in [2.75, 3.05) is 30.8 Å². The summed E-state index contributed by atoms with van der Waals surface area (Å²) in [5, 5.41) is 9.62. The molecular formula is C14H21N3O3. The Hall–Kier alpha value is -1.82. The molecule has 1 unspecified atom stereocenters. The lowest BCUT2D eigenvalue weighted by molar-refractivity contribution is 0.0602. The van der Waals surface area contributed by atoms with Gasteiger partial charge in [-0.1, -0.05) is 0 Å². The number of hydrogen-bond acceptors (Lipinski definition) is 6. The van der Waals surface area contributed by atoms with Gasteiger partial charge in [0.2, 0.25) is 0 Å². The van der Waals surface area contributed by atoms with E-state index in [0.29, 0.717) is 23.0 Å². The van der Waals surface area contributed by atoms with Crippen molar-refractivity contribution in [3.8, 4) is 0 Å². The molecule has 0 spiro atoms. The summed E-state index contributed by atoms with van der Waals surface area (Å²) < 4.78 is 4.71. The number of piperidine rings is 1. The molecule has 2 rings (SSSR count). The molecule has 1 aliphatic heterocycles. The molecule has 0 saturated carbocycles. The Morgan fingerprint density at radius 3 is 2.75 bits per heavy atom. The predicted molar refractivity (Wildman–Crippen MR) is 76.6 cm³/mol. The molecule has 6 heteroatoms. The van der Waals surface area contributed by atoms with Crippen molar-refractivity contribution >= 4 is 17.5 Å². The molecule has 2 heterocycles. The van der Waals surface area contributed by atoms with Gasteiger partial charge in [0.25, 0.3) is 0 Å². The normalized spacial score (nSPS) is 17.9. The van der Waals surface area contributed by atoms with E-state index in [2.05, 4.69) is 9.88 Å². The highest BCUT2D eigenvalue weighted by atomic mass is 16.5. The van der Waals surface area contributed by atoms with Crippen molar-refractivity contribution in [2.45, 2.75) is 25.9 Å². The van der Waals surface area contributed by atoms with E-state index < -0.39 is 5.97 Å². The first-order valence-corrected chi connectivity index (χ1v) is 6.80. The van der Waals surface area contributed by atoms with E-state index in [1.807, 2.05) is 6.92 Å². The Morgan fingerprint density at radius 2 is 2.20 bits per heavy atom. The minimum atomic E-state index is -0.454. The third kappa shape index (κ3) is 2.85. The van der Waals surface area contributed by atoms with E-state index in [9.17, 15) is 9.90 Å². The van der Waals surface area contributed by atoms with Crippen LogP contribution < -0.4 is 10.6 Å². The molecule has 1 atom stereocenters. The van der Waals surface area contributed by atoms with Crippen molar-refractivity contribution in [2.24, 2.45) is 5.92 Å². The maximum atomic E-state index is 11.6. The van der Waals surface area contributed by atoms with Crippen molar-refractivity contribution in [1.82, 2.24) is 4.98 Å². The lowest BCUT2D eigenvalue weighted by Gasteiger charge is -2.34. The predicted octanol–water partition coefficient (Wildman–Crippen LogP) is 1.05. The van der Waals surface area contributed by atoms with Gasteiger partial charge < -0.3 is 20.5 Å². The van der Waals surface area contributed by atoms with Gasteiger partial charge in [0.1, 0.15) is 0 Å². The first-order chi connectivity index (χ1) is 9.54. The van der Waals surface area contributed by atoms with Gasteiger partial charge in [-0.3, -0.25) is 0 Å². The van der Waals surface area contributed by atoms with E-state index >= 15 is 0 Å². The van der Waals surface area contributed by atoms with Gasteiger partial charge in [0.15, 0.2) is 5.82 Å². The number of carbonyl (C=O) groups is 1. The second kappa shape index (κ2) is 6.09. The first-order valence-electron chi connectivity index (χ1n) is 6.80. The van der Waals surface area contributed by atoms with Crippen LogP contribution in [0.1, 0.15) is 30.1 Å². The van der Waals surface area contributed by atoms with Crippen LogP contribution in [0.5, 0.6) is 0 Å². The fourth-order valence-electron chi connectivity index (χ4n) is 2.60. The van der Waals surface area contributed by atoms with Crippen LogP contribution in [-0.2, 0) is 4.74 Å². The third-order valence-corrected chi connectivity index (χ3v) is 3.90. The maximum absolute atomic E-state index is 11.6. The molecule has 3 N–H and O–H groups in total. The van der Waals surface area contributed by atoms with Gasteiger partial charge in [-0.05, 0) is 31.7 Å². The van der Waals surface area contributed by atoms with E-state index in [1.54, 1.807) is 12.3 Å². The van der Waals surface area contributed by atoms with Crippen molar-refractivity contribution < 1.29 is 14.6 Å². The number of carbonyl (C=O) groups excluding carboxylic acids is 1. The van der Waals surface area contributed by atoms with E-state index in [4.69, 9.17) is 10.5 Å². The number of rotatable bonds is 3. The summed E-state index contributed by atoms with van der Waals surface area (Å²) in [6.07, 6.45) is 3.06. The highest BCUT2D eigenvalue weighted by Crippen LogP contribution is 2.29. The van der Waals surface area contributed by atoms with Crippen LogP contribution in [0.15, 0.2) is 12.3 Å². The summed E-state index contributed by atoms with van der Waals surface area (Å²) in [7, 11) is 1.33. The fourth-order valence-corrected chi connectivity index (χ4v) is 2.60. The number of methoxy groups -OCH3 is 1. The maximum Gasteiger partial charge on any atom is 0.340 e. The molecule has 110 valence electrons. The van der Waals surface area contributed by atoms with Gasteiger partial charge in [-0.25, -0.2) is 9.78 Å². The fraction of sp³-hybridized carbons (Fsp3) is 0.571. The van der Waals surface area contributed by atoms with Crippen LogP contribution in [0.3, 0.4) is 0 Å². The second-order valence-corrected chi connectivity index (χ2v) is 5.15. The van der Waals surface area contributed by atoms with Gasteiger partial charge in [0.05, 0.1) is 24.5 Å². The van der Waals surface area contributed by atoms with Gasteiger partial charge in [-0.2, -0.15) is 0 Å². The smallest absolute Gasteiger partial charge is 0.340 e. The minimum absolute atomic E-state index is 0.288. The first kappa shape index (κ1) is 14.6. The zero-order chi connectivity index (χ0) is 14.7. The van der Waals surface area contributed by atoms with Crippen molar-refractivity contribution in [3.63, 3.8) is 0 Å². The number of ether oxygens (including phenoxy) is 1. The molecule has 1 aromatic rings. The van der Waals surface area contributed by atoms with Crippen LogP contribution >= 0.6 is 0 Å². The number of aliphatic hydroxyl groups is 1. The Kier molecular flexibility index (Phi) is 4.44. The number of anilines is 2. The van der Waals surface area contributed by atoms with Crippen molar-refractivity contribution in [1.29, 1.82) is 0 Å². The molecule has 1 saturated heterocycles. The minimum Gasteiger partial charge on any atom is -0.465 e. The Morgan fingerprint density at radius 1 is 1.55 bits per heavy atom. The van der Waals surface area contributed by atoms with Crippen LogP contribution in [-0.4, -0.2) is 42.4 Å². The zero-order valence-electron chi connectivity index (χ0n) is 11.9. The number of esters is 1. The highest BCUT2D eigenvalue weighted by Gasteiger charge is 2.25. The average molecular weight is 279 g/mol. The van der Waals surface area contributed by atoms with Gasteiger partial charge >= 0.3 is 5.97 Å². The van der Waals surface area contributed by atoms with E-state index in [-0.39, 0.29) is 6.10 Å². The number of nitrogens with two attached hydrogens (primary N) is 1. The molecule has 0 aromatic carbocycles. The number of pyridine rings is 1. The van der Waals surface area contributed by atoms with Gasteiger partial charge in [-0.15, -0.1) is 0 Å². The van der Waals surface area contributed by atoms with Crippen LogP contribution in [0.25, 0.3) is 0 Å². The summed E-state index contributed by atoms with van der Waals surface area (Å²) in [6, 6.07) is 1.56. The molecular weight excluding hydrogens is 258 g/mol. The molecule has 0 bridgehead atoms. The monoisotopic (exact) mass is 279 g/mol. The van der Waals surface area contributed by atoms with Crippen LogP contribution in [0.4, 0.5) is 11.5 Å². The van der Waals surface area contributed by atoms with Crippen molar-refractivity contribution in [3.05, 3.63) is 17.8 Å². The summed E-state index contributed by atoms with van der Waals surface area (Å²) in [6.45, 7) is 3.37. The van der Waals surface area contributed by atoms with Gasteiger partial charge in [0, 0.05) is 19.3 Å². The Bertz CT molecular complexity index is 483. The Labute approximate surface area is 118 Å². The van der Waals surface area contributed by atoms with E-state index in [1.165, 1.54) is 7.11 Å². The SMILES string of the molecule is COC(=O)c1ccnc(N2CCC(C(C)O)CC2)c1N. The third-order valence-electron chi connectivity index (χ3n) is 3.90. The number of nitrogens with zero attached hydrogens (tertiary/aromatic N) is 2. The second-order valence-electron chi connectivity index (χ2n) is 5.15. The number of aromatic nitrogens is 1. The topological polar surface area (TPSA) is 88.7 Å². The summed E-state index contributed by atoms with van der Waals surface area (Å²) in [4.78, 5) is 18.0. The largest absolute Gasteiger partial charge is 0.465 e. The molecule has 0 aliphatic carbocycles. The lowest BCUT2D eigenvalue weighted by Crippen LogP contribution is -2.38. The zero-order valence-corrected chi connectivity index (χ0v) is 11.9. The number of aliphatic hydroxyl groups excluding tert-OH is 1. The molecule has 20 heavy (non-hydrogen) atoms. The molecule has 1 aromatic heterocycles. The molecule has 6 nitrogen and oxygen atoms in total.